The quantitative estimate of drug-likeness (QED) is 0.488. The van der Waals surface area contributed by atoms with Crippen molar-refractivity contribution in [1.29, 1.82) is 10.5 Å². The molecule has 0 bridgehead atoms. The van der Waals surface area contributed by atoms with Crippen molar-refractivity contribution in [2.45, 2.75) is 13.3 Å². The fraction of sp³-hybridized carbons (Fsp3) is 0.500. The fourth-order valence-electron chi connectivity index (χ4n) is 1.14. The molecule has 0 aromatic rings. The van der Waals surface area contributed by atoms with E-state index in [2.05, 4.69) is 10.7 Å². The molecule has 0 saturated carbocycles. The minimum absolute atomic E-state index is 0.196. The number of carbonyl (C=O) groups is 1. The van der Waals surface area contributed by atoms with Crippen LogP contribution in [0.2, 0.25) is 0 Å². The van der Waals surface area contributed by atoms with Crippen LogP contribution in [0.25, 0.3) is 0 Å². The minimum atomic E-state index is -1.45. The van der Waals surface area contributed by atoms with Crippen LogP contribution in [0.15, 0.2) is 0 Å². The summed E-state index contributed by atoms with van der Waals surface area (Å²) >= 11 is 0. The molecule has 0 aliphatic rings. The van der Waals surface area contributed by atoms with E-state index in [0.29, 0.717) is 0 Å². The maximum Gasteiger partial charge on any atom is 0.326 e. The van der Waals surface area contributed by atoms with Crippen molar-refractivity contribution in [3.8, 4) is 24.5 Å². The van der Waals surface area contributed by atoms with Crippen LogP contribution in [0.5, 0.6) is 0 Å². The van der Waals surface area contributed by atoms with Crippen LogP contribution in [0.3, 0.4) is 0 Å². The van der Waals surface area contributed by atoms with Crippen molar-refractivity contribution in [2.24, 2.45) is 11.3 Å². The van der Waals surface area contributed by atoms with Crippen molar-refractivity contribution >= 4 is 5.97 Å². The molecule has 4 heteroatoms. The van der Waals surface area contributed by atoms with Crippen LogP contribution >= 0.6 is 0 Å². The molecule has 0 amide bonds. The topological polar surface area (TPSA) is 73.9 Å². The van der Waals surface area contributed by atoms with Gasteiger partial charge in [0.25, 0.3) is 0 Å². The summed E-state index contributed by atoms with van der Waals surface area (Å²) < 4.78 is 4.50. The van der Waals surface area contributed by atoms with Crippen LogP contribution in [-0.2, 0) is 9.53 Å². The fourth-order valence-corrected chi connectivity index (χ4v) is 1.14. The Morgan fingerprint density at radius 1 is 1.57 bits per heavy atom. The summed E-state index contributed by atoms with van der Waals surface area (Å²) in [5.41, 5.74) is -1.45. The van der Waals surface area contributed by atoms with Gasteiger partial charge in [-0.05, 0) is 6.42 Å². The molecule has 1 atom stereocenters. The Kier molecular flexibility index (Phi) is 4.20. The lowest BCUT2D eigenvalue weighted by atomic mass is 9.75. The number of hydrogen-bond acceptors (Lipinski definition) is 4. The van der Waals surface area contributed by atoms with Gasteiger partial charge < -0.3 is 4.74 Å². The summed E-state index contributed by atoms with van der Waals surface area (Å²) in [6.07, 6.45) is 5.39. The van der Waals surface area contributed by atoms with E-state index in [-0.39, 0.29) is 6.42 Å². The Morgan fingerprint density at radius 3 is 2.29 bits per heavy atom. The zero-order valence-electron chi connectivity index (χ0n) is 8.07. The highest BCUT2D eigenvalue weighted by molar-refractivity contribution is 5.81. The molecule has 0 radical (unpaired) electrons. The highest BCUT2D eigenvalue weighted by Gasteiger charge is 2.44. The standard InChI is InChI=1S/C10H10N2O2/c1-4-10(5-2,9(13)14-3)8(6-11)7-12/h1,8H,5H2,2-3H3/t10-/m0/s1. The average Bonchev–Trinajstić information content (AvgIpc) is 2.25. The highest BCUT2D eigenvalue weighted by atomic mass is 16.5. The molecule has 0 spiro atoms. The van der Waals surface area contributed by atoms with Crippen molar-refractivity contribution < 1.29 is 9.53 Å². The Balaban J connectivity index is 5.34. The van der Waals surface area contributed by atoms with Crippen LogP contribution in [0, 0.1) is 46.3 Å². The van der Waals surface area contributed by atoms with Crippen molar-refractivity contribution in [2.75, 3.05) is 7.11 Å². The van der Waals surface area contributed by atoms with Gasteiger partial charge in [-0.25, -0.2) is 0 Å². The summed E-state index contributed by atoms with van der Waals surface area (Å²) in [6.45, 7) is 1.64. The number of methoxy groups -OCH3 is 1. The molecule has 0 N–H and O–H groups in total. The molecule has 72 valence electrons. The molecular weight excluding hydrogens is 180 g/mol. The normalized spacial score (nSPS) is 13.1. The predicted octanol–water partition coefficient (Wildman–Crippen LogP) is 0.852. The zero-order valence-corrected chi connectivity index (χ0v) is 8.07. The third kappa shape index (κ3) is 1.68. The molecule has 0 rings (SSSR count). The SMILES string of the molecule is C#C[C@@](CC)(C(=O)OC)C(C#N)C#N. The van der Waals surface area contributed by atoms with Gasteiger partial charge in [0.05, 0.1) is 19.2 Å². The van der Waals surface area contributed by atoms with E-state index < -0.39 is 17.3 Å². The van der Waals surface area contributed by atoms with E-state index in [9.17, 15) is 4.79 Å². The number of ether oxygens (including phenoxy) is 1. The van der Waals surface area contributed by atoms with E-state index in [4.69, 9.17) is 16.9 Å². The first-order chi connectivity index (χ1) is 6.62. The Morgan fingerprint density at radius 2 is 2.07 bits per heavy atom. The third-order valence-electron chi connectivity index (χ3n) is 2.12. The van der Waals surface area contributed by atoms with Gasteiger partial charge in [-0.1, -0.05) is 12.8 Å². The van der Waals surface area contributed by atoms with Gasteiger partial charge in [-0.15, -0.1) is 6.42 Å². The lowest BCUT2D eigenvalue weighted by molar-refractivity contribution is -0.150. The second-order valence-electron chi connectivity index (χ2n) is 2.65. The number of esters is 1. The summed E-state index contributed by atoms with van der Waals surface area (Å²) in [5.74, 6) is 0.310. The molecule has 0 unspecified atom stereocenters. The van der Waals surface area contributed by atoms with E-state index in [0.717, 1.165) is 0 Å². The molecule has 0 fully saturated rings. The van der Waals surface area contributed by atoms with Gasteiger partial charge in [0, 0.05) is 0 Å². The van der Waals surface area contributed by atoms with Gasteiger partial charge in [-0.2, -0.15) is 10.5 Å². The second kappa shape index (κ2) is 4.90. The Bertz CT molecular complexity index is 329. The molecule has 4 nitrogen and oxygen atoms in total. The van der Waals surface area contributed by atoms with Gasteiger partial charge in [-0.3, -0.25) is 4.79 Å². The summed E-state index contributed by atoms with van der Waals surface area (Å²) in [5, 5.41) is 17.4. The van der Waals surface area contributed by atoms with Gasteiger partial charge in [0.15, 0.2) is 11.3 Å². The van der Waals surface area contributed by atoms with Crippen molar-refractivity contribution in [3.63, 3.8) is 0 Å². The molecule has 0 aromatic heterocycles. The molecule has 0 saturated heterocycles. The summed E-state index contributed by atoms with van der Waals surface area (Å²) in [7, 11) is 1.18. The number of rotatable bonds is 3. The van der Waals surface area contributed by atoms with E-state index in [1.54, 1.807) is 19.1 Å². The van der Waals surface area contributed by atoms with Gasteiger partial charge in [0.1, 0.15) is 0 Å². The molecule has 0 aliphatic heterocycles. The highest BCUT2D eigenvalue weighted by Crippen LogP contribution is 2.31. The lowest BCUT2D eigenvalue weighted by Crippen LogP contribution is -2.36. The number of terminal acetylenes is 1. The number of carbonyl (C=O) groups excluding carboxylic acids is 1. The van der Waals surface area contributed by atoms with E-state index in [1.165, 1.54) is 7.11 Å². The van der Waals surface area contributed by atoms with Crippen LogP contribution < -0.4 is 0 Å². The van der Waals surface area contributed by atoms with Crippen LogP contribution in [-0.4, -0.2) is 13.1 Å². The molecule has 0 aromatic carbocycles. The molecule has 0 aliphatic carbocycles. The largest absolute Gasteiger partial charge is 0.468 e. The first-order valence-corrected chi connectivity index (χ1v) is 3.98. The first-order valence-electron chi connectivity index (χ1n) is 3.98. The number of nitrogens with zero attached hydrogens (tertiary/aromatic N) is 2. The van der Waals surface area contributed by atoms with Crippen molar-refractivity contribution in [3.05, 3.63) is 0 Å². The minimum Gasteiger partial charge on any atom is -0.468 e. The van der Waals surface area contributed by atoms with Gasteiger partial charge >= 0.3 is 5.97 Å². The predicted molar refractivity (Wildman–Crippen MR) is 48.3 cm³/mol. The van der Waals surface area contributed by atoms with E-state index >= 15 is 0 Å². The lowest BCUT2D eigenvalue weighted by Gasteiger charge is -2.24. The number of nitriles is 2. The van der Waals surface area contributed by atoms with Crippen LogP contribution in [0.1, 0.15) is 13.3 Å². The maximum absolute atomic E-state index is 11.4. The zero-order chi connectivity index (χ0) is 11.2. The Labute approximate surface area is 83.1 Å². The van der Waals surface area contributed by atoms with Crippen molar-refractivity contribution in [1.82, 2.24) is 0 Å². The monoisotopic (exact) mass is 190 g/mol. The first kappa shape index (κ1) is 12.0. The van der Waals surface area contributed by atoms with Crippen LogP contribution in [0.4, 0.5) is 0 Å². The Hall–Kier alpha value is -1.99. The summed E-state index contributed by atoms with van der Waals surface area (Å²) in [4.78, 5) is 11.4. The molecular formula is C10H10N2O2. The van der Waals surface area contributed by atoms with Gasteiger partial charge in [0.2, 0.25) is 0 Å². The third-order valence-corrected chi connectivity index (χ3v) is 2.12. The molecule has 14 heavy (non-hydrogen) atoms. The van der Waals surface area contributed by atoms with E-state index in [1.807, 2.05) is 0 Å². The smallest absolute Gasteiger partial charge is 0.326 e. The maximum atomic E-state index is 11.4. The second-order valence-corrected chi connectivity index (χ2v) is 2.65. The molecule has 0 heterocycles. The average molecular weight is 190 g/mol. The summed E-state index contributed by atoms with van der Waals surface area (Å²) in [6, 6.07) is 3.41. The number of hydrogen-bond donors (Lipinski definition) is 0.